The molecule has 94 valence electrons. The van der Waals surface area contributed by atoms with Crippen LogP contribution >= 0.6 is 11.5 Å². The van der Waals surface area contributed by atoms with E-state index in [1.165, 1.54) is 17.1 Å². The third-order valence-electron chi connectivity index (χ3n) is 2.80. The van der Waals surface area contributed by atoms with Gasteiger partial charge in [0.2, 0.25) is 0 Å². The maximum Gasteiger partial charge on any atom is 0.180 e. The molecule has 0 amide bonds. The van der Waals surface area contributed by atoms with Crippen molar-refractivity contribution in [1.82, 2.24) is 9.59 Å². The maximum atomic E-state index is 12.2. The average Bonchev–Trinajstić information content (AvgIpc) is 2.81. The third-order valence-corrected chi connectivity index (χ3v) is 3.58. The molecule has 0 unspecified atom stereocenters. The summed E-state index contributed by atoms with van der Waals surface area (Å²) < 4.78 is 3.89. The summed E-state index contributed by atoms with van der Waals surface area (Å²) in [4.78, 5) is 12.9. The summed E-state index contributed by atoms with van der Waals surface area (Å²) >= 11 is 1.20. The van der Waals surface area contributed by atoms with Crippen LogP contribution in [0.3, 0.4) is 0 Å². The third kappa shape index (κ3) is 2.82. The summed E-state index contributed by atoms with van der Waals surface area (Å²) in [6, 6.07) is 8.04. The lowest BCUT2D eigenvalue weighted by atomic mass is 10.0. The molecule has 2 aromatic rings. The second-order valence-corrected chi connectivity index (χ2v) is 5.48. The summed E-state index contributed by atoms with van der Waals surface area (Å²) in [5, 5.41) is 4.04. The minimum atomic E-state index is 0.109. The monoisotopic (exact) mass is 260 g/mol. The lowest BCUT2D eigenvalue weighted by Gasteiger charge is -2.04. The van der Waals surface area contributed by atoms with Gasteiger partial charge in [0.1, 0.15) is 4.88 Å². The minimum Gasteiger partial charge on any atom is -0.293 e. The van der Waals surface area contributed by atoms with Gasteiger partial charge in [0.05, 0.1) is 5.69 Å². The largest absolute Gasteiger partial charge is 0.293 e. The average molecular weight is 260 g/mol. The molecule has 0 atom stereocenters. The van der Waals surface area contributed by atoms with Crippen LogP contribution in [-0.2, 0) is 6.42 Å². The van der Waals surface area contributed by atoms with Gasteiger partial charge in [-0.05, 0) is 29.9 Å². The fourth-order valence-corrected chi connectivity index (χ4v) is 2.49. The van der Waals surface area contributed by atoms with Crippen molar-refractivity contribution in [3.63, 3.8) is 0 Å². The second-order valence-electron chi connectivity index (χ2n) is 4.73. The standard InChI is InChI=1S/C14H16N2OS/c1-9(2)13-14(18-16-15-13)12(17)8-11-6-4-10(3)5-7-11/h4-7,9H,8H2,1-3H3. The van der Waals surface area contributed by atoms with Crippen molar-refractivity contribution in [3.05, 3.63) is 46.0 Å². The van der Waals surface area contributed by atoms with Crippen molar-refractivity contribution in [2.45, 2.75) is 33.1 Å². The number of Topliss-reactive ketones (excluding diaryl/α,β-unsaturated/α-hetero) is 1. The highest BCUT2D eigenvalue weighted by Gasteiger charge is 2.18. The normalized spacial score (nSPS) is 10.9. The van der Waals surface area contributed by atoms with Gasteiger partial charge in [0.25, 0.3) is 0 Å². The van der Waals surface area contributed by atoms with Gasteiger partial charge >= 0.3 is 0 Å². The van der Waals surface area contributed by atoms with Crippen LogP contribution in [0.1, 0.15) is 46.3 Å². The zero-order valence-electron chi connectivity index (χ0n) is 10.8. The van der Waals surface area contributed by atoms with Crippen LogP contribution in [-0.4, -0.2) is 15.4 Å². The van der Waals surface area contributed by atoms with Gasteiger partial charge in [-0.3, -0.25) is 4.79 Å². The number of aromatic nitrogens is 2. The Kier molecular flexibility index (Phi) is 3.87. The molecule has 0 aliphatic heterocycles. The quantitative estimate of drug-likeness (QED) is 0.791. The molecule has 0 aliphatic rings. The lowest BCUT2D eigenvalue weighted by Crippen LogP contribution is -2.05. The Balaban J connectivity index is 2.17. The summed E-state index contributed by atoms with van der Waals surface area (Å²) in [7, 11) is 0. The second kappa shape index (κ2) is 5.40. The van der Waals surface area contributed by atoms with E-state index >= 15 is 0 Å². The number of rotatable bonds is 4. The van der Waals surface area contributed by atoms with Crippen molar-refractivity contribution < 1.29 is 4.79 Å². The first-order valence-electron chi connectivity index (χ1n) is 5.99. The lowest BCUT2D eigenvalue weighted by molar-refractivity contribution is 0.0995. The topological polar surface area (TPSA) is 42.9 Å². The van der Waals surface area contributed by atoms with Crippen molar-refractivity contribution >= 4 is 17.3 Å². The Bertz CT molecular complexity index is 543. The molecule has 0 saturated carbocycles. The van der Waals surface area contributed by atoms with Gasteiger partial charge < -0.3 is 0 Å². The molecule has 4 heteroatoms. The molecule has 0 saturated heterocycles. The Hall–Kier alpha value is -1.55. The molecule has 0 fully saturated rings. The van der Waals surface area contributed by atoms with Gasteiger partial charge in [-0.25, -0.2) is 0 Å². The highest BCUT2D eigenvalue weighted by atomic mass is 32.1. The number of carbonyl (C=O) groups is 1. The van der Waals surface area contributed by atoms with Gasteiger partial charge in [0, 0.05) is 6.42 Å². The number of hydrogen-bond acceptors (Lipinski definition) is 4. The van der Waals surface area contributed by atoms with Crippen molar-refractivity contribution in [2.75, 3.05) is 0 Å². The first-order valence-corrected chi connectivity index (χ1v) is 6.76. The van der Waals surface area contributed by atoms with E-state index in [1.807, 2.05) is 45.0 Å². The van der Waals surface area contributed by atoms with Crippen molar-refractivity contribution in [1.29, 1.82) is 0 Å². The van der Waals surface area contributed by atoms with E-state index in [9.17, 15) is 4.79 Å². The molecule has 0 bridgehead atoms. The van der Waals surface area contributed by atoms with E-state index in [4.69, 9.17) is 0 Å². The van der Waals surface area contributed by atoms with Gasteiger partial charge in [-0.2, -0.15) is 0 Å². The van der Waals surface area contributed by atoms with Gasteiger partial charge in [-0.15, -0.1) is 5.10 Å². The number of aryl methyl sites for hydroxylation is 1. The van der Waals surface area contributed by atoms with E-state index in [2.05, 4.69) is 9.59 Å². The minimum absolute atomic E-state index is 0.109. The van der Waals surface area contributed by atoms with Crippen molar-refractivity contribution in [3.8, 4) is 0 Å². The predicted molar refractivity (Wildman–Crippen MR) is 73.2 cm³/mol. The number of nitrogens with zero attached hydrogens (tertiary/aromatic N) is 2. The summed E-state index contributed by atoms with van der Waals surface area (Å²) in [6.45, 7) is 6.09. The SMILES string of the molecule is Cc1ccc(CC(=O)c2snnc2C(C)C)cc1. The van der Waals surface area contributed by atoms with Crippen LogP contribution in [0.25, 0.3) is 0 Å². The molecule has 1 heterocycles. The first-order chi connectivity index (χ1) is 8.58. The van der Waals surface area contributed by atoms with Crippen molar-refractivity contribution in [2.24, 2.45) is 0 Å². The molecule has 0 aliphatic carbocycles. The summed E-state index contributed by atoms with van der Waals surface area (Å²) in [5.41, 5.74) is 3.05. The van der Waals surface area contributed by atoms with E-state index in [-0.39, 0.29) is 11.7 Å². The van der Waals surface area contributed by atoms with E-state index in [0.29, 0.717) is 11.3 Å². The predicted octanol–water partition coefficient (Wildman–Crippen LogP) is 3.40. The molecule has 1 aromatic carbocycles. The van der Waals surface area contributed by atoms with Gasteiger partial charge in [-0.1, -0.05) is 48.2 Å². The Morgan fingerprint density at radius 1 is 1.28 bits per heavy atom. The molecule has 2 rings (SSSR count). The Morgan fingerprint density at radius 2 is 1.94 bits per heavy atom. The van der Waals surface area contributed by atoms with Crippen LogP contribution in [0.2, 0.25) is 0 Å². The van der Waals surface area contributed by atoms with Crippen LogP contribution in [0.5, 0.6) is 0 Å². The fourth-order valence-electron chi connectivity index (χ4n) is 1.74. The molecule has 1 aromatic heterocycles. The molecule has 0 radical (unpaired) electrons. The number of benzene rings is 1. The van der Waals surface area contributed by atoms with E-state index in [1.54, 1.807) is 0 Å². The zero-order valence-corrected chi connectivity index (χ0v) is 11.6. The number of ketones is 1. The summed E-state index contributed by atoms with van der Waals surface area (Å²) in [6.07, 6.45) is 0.421. The van der Waals surface area contributed by atoms with Crippen LogP contribution < -0.4 is 0 Å². The van der Waals surface area contributed by atoms with Crippen LogP contribution in [0, 0.1) is 6.92 Å². The molecule has 0 spiro atoms. The fraction of sp³-hybridized carbons (Fsp3) is 0.357. The smallest absolute Gasteiger partial charge is 0.180 e. The zero-order chi connectivity index (χ0) is 13.1. The Labute approximate surface area is 111 Å². The molecule has 3 nitrogen and oxygen atoms in total. The molecule has 18 heavy (non-hydrogen) atoms. The van der Waals surface area contributed by atoms with E-state index in [0.717, 1.165) is 11.3 Å². The molecule has 0 N–H and O–H groups in total. The maximum absolute atomic E-state index is 12.2. The number of hydrogen-bond donors (Lipinski definition) is 0. The highest BCUT2D eigenvalue weighted by molar-refractivity contribution is 7.08. The van der Waals surface area contributed by atoms with E-state index < -0.39 is 0 Å². The first kappa shape index (κ1) is 12.9. The van der Waals surface area contributed by atoms with Gasteiger partial charge in [0.15, 0.2) is 5.78 Å². The summed E-state index contributed by atoms with van der Waals surface area (Å²) in [5.74, 6) is 0.346. The van der Waals surface area contributed by atoms with Crippen LogP contribution in [0.15, 0.2) is 24.3 Å². The number of carbonyl (C=O) groups excluding carboxylic acids is 1. The Morgan fingerprint density at radius 3 is 2.56 bits per heavy atom. The molecular weight excluding hydrogens is 244 g/mol. The molecular formula is C14H16N2OS. The van der Waals surface area contributed by atoms with Crippen LogP contribution in [0.4, 0.5) is 0 Å². The highest BCUT2D eigenvalue weighted by Crippen LogP contribution is 2.21.